The first kappa shape index (κ1) is 16.5. The molecule has 8 heteroatoms. The molecule has 2 heterocycles. The van der Waals surface area contributed by atoms with Crippen LogP contribution in [0.15, 0.2) is 39.2 Å². The lowest BCUT2D eigenvalue weighted by Crippen LogP contribution is -2.41. The summed E-state index contributed by atoms with van der Waals surface area (Å²) in [5.41, 5.74) is 0. The van der Waals surface area contributed by atoms with Crippen LogP contribution in [0.1, 0.15) is 25.0 Å². The Hall–Kier alpha value is -0.860. The van der Waals surface area contributed by atoms with Crippen molar-refractivity contribution in [3.05, 3.63) is 40.6 Å². The number of aliphatic hydroxyl groups is 1. The van der Waals surface area contributed by atoms with Gasteiger partial charge in [0.25, 0.3) is 0 Å². The van der Waals surface area contributed by atoms with Crippen LogP contribution in [-0.2, 0) is 10.0 Å². The molecule has 0 radical (unpaired) electrons. The van der Waals surface area contributed by atoms with E-state index >= 15 is 0 Å². The predicted molar refractivity (Wildman–Crippen MR) is 82.3 cm³/mol. The molecule has 2 aromatic heterocycles. The van der Waals surface area contributed by atoms with E-state index in [2.05, 4.69) is 4.72 Å². The highest BCUT2D eigenvalue weighted by atomic mass is 35.5. The van der Waals surface area contributed by atoms with E-state index < -0.39 is 16.1 Å². The predicted octanol–water partition coefficient (Wildman–Crippen LogP) is 2.83. The average Bonchev–Trinajstić information content (AvgIpc) is 3.10. The summed E-state index contributed by atoms with van der Waals surface area (Å²) in [4.78, 5) is 0. The van der Waals surface area contributed by atoms with E-state index in [1.54, 1.807) is 12.1 Å². The third-order valence-electron chi connectivity index (χ3n) is 3.15. The molecule has 2 rings (SSSR count). The summed E-state index contributed by atoms with van der Waals surface area (Å²) in [5, 5.41) is 9.55. The first-order chi connectivity index (χ1) is 9.97. The van der Waals surface area contributed by atoms with E-state index in [-0.39, 0.29) is 16.7 Å². The molecule has 2 aromatic rings. The number of sulfonamides is 1. The fourth-order valence-corrected chi connectivity index (χ4v) is 4.90. The molecule has 0 amide bonds. The molecular formula is C13H16ClNO4S2. The number of halogens is 1. The van der Waals surface area contributed by atoms with Crippen molar-refractivity contribution in [2.75, 3.05) is 6.61 Å². The van der Waals surface area contributed by atoms with Crippen molar-refractivity contribution >= 4 is 33.0 Å². The second-order valence-electron chi connectivity index (χ2n) is 4.50. The Bertz CT molecular complexity index is 666. The van der Waals surface area contributed by atoms with Gasteiger partial charge >= 0.3 is 0 Å². The molecule has 0 saturated carbocycles. The lowest BCUT2D eigenvalue weighted by molar-refractivity contribution is 0.227. The van der Waals surface area contributed by atoms with Gasteiger partial charge in [0.2, 0.25) is 10.0 Å². The topological polar surface area (TPSA) is 79.5 Å². The zero-order valence-electron chi connectivity index (χ0n) is 11.3. The van der Waals surface area contributed by atoms with Crippen molar-refractivity contribution < 1.29 is 17.9 Å². The van der Waals surface area contributed by atoms with Gasteiger partial charge in [0.1, 0.15) is 9.97 Å². The van der Waals surface area contributed by atoms with Gasteiger partial charge in [-0.15, -0.1) is 11.3 Å². The molecule has 0 unspecified atom stereocenters. The molecule has 0 aliphatic carbocycles. The molecule has 0 aliphatic heterocycles. The van der Waals surface area contributed by atoms with Crippen LogP contribution >= 0.6 is 22.9 Å². The van der Waals surface area contributed by atoms with Crippen LogP contribution in [0, 0.1) is 0 Å². The monoisotopic (exact) mass is 349 g/mol. The molecule has 0 saturated heterocycles. The van der Waals surface area contributed by atoms with E-state index in [1.165, 1.54) is 18.4 Å². The van der Waals surface area contributed by atoms with Gasteiger partial charge in [0.05, 0.1) is 23.2 Å². The minimum absolute atomic E-state index is 0.125. The summed E-state index contributed by atoms with van der Waals surface area (Å²) < 4.78 is 33.0. The summed E-state index contributed by atoms with van der Waals surface area (Å²) in [6, 6.07) is 5.82. The van der Waals surface area contributed by atoms with Gasteiger partial charge in [-0.1, -0.05) is 18.5 Å². The Morgan fingerprint density at radius 1 is 1.43 bits per heavy atom. The fraction of sp³-hybridized carbons (Fsp3) is 0.385. The molecule has 5 nitrogen and oxygen atoms in total. The quantitative estimate of drug-likeness (QED) is 0.805. The van der Waals surface area contributed by atoms with Crippen LogP contribution in [0.25, 0.3) is 0 Å². The maximum atomic E-state index is 12.3. The van der Waals surface area contributed by atoms with Crippen molar-refractivity contribution in [2.24, 2.45) is 0 Å². The SMILES string of the molecule is CC[C@@H](c1ccco1)[C@H](CO)NS(=O)(=O)c1ccc(Cl)s1. The third-order valence-corrected chi connectivity index (χ3v) is 6.36. The zero-order chi connectivity index (χ0) is 15.5. The molecule has 0 bridgehead atoms. The Morgan fingerprint density at radius 2 is 2.19 bits per heavy atom. The van der Waals surface area contributed by atoms with Gasteiger partial charge in [0.15, 0.2) is 0 Å². The number of hydrogen-bond acceptors (Lipinski definition) is 5. The molecule has 0 fully saturated rings. The van der Waals surface area contributed by atoms with E-state index in [1.807, 2.05) is 6.92 Å². The number of hydrogen-bond donors (Lipinski definition) is 2. The summed E-state index contributed by atoms with van der Waals surface area (Å²) in [6.07, 6.45) is 2.16. The van der Waals surface area contributed by atoms with Gasteiger partial charge < -0.3 is 9.52 Å². The van der Waals surface area contributed by atoms with Gasteiger partial charge in [-0.3, -0.25) is 0 Å². The molecule has 21 heavy (non-hydrogen) atoms. The van der Waals surface area contributed by atoms with Crippen LogP contribution in [-0.4, -0.2) is 26.2 Å². The largest absolute Gasteiger partial charge is 0.469 e. The number of thiophene rings is 1. The van der Waals surface area contributed by atoms with E-state index in [9.17, 15) is 13.5 Å². The molecule has 2 atom stereocenters. The fourth-order valence-electron chi connectivity index (χ4n) is 2.13. The van der Waals surface area contributed by atoms with Gasteiger partial charge in [-0.25, -0.2) is 13.1 Å². The van der Waals surface area contributed by atoms with E-state index in [0.717, 1.165) is 11.3 Å². The van der Waals surface area contributed by atoms with E-state index in [0.29, 0.717) is 16.5 Å². The van der Waals surface area contributed by atoms with Crippen molar-refractivity contribution in [1.82, 2.24) is 4.72 Å². The number of rotatable bonds is 7. The number of furan rings is 1. The third kappa shape index (κ3) is 3.87. The normalized spacial score (nSPS) is 15.0. The lowest BCUT2D eigenvalue weighted by Gasteiger charge is -2.23. The van der Waals surface area contributed by atoms with Crippen molar-refractivity contribution in [1.29, 1.82) is 0 Å². The van der Waals surface area contributed by atoms with Gasteiger partial charge in [-0.2, -0.15) is 0 Å². The van der Waals surface area contributed by atoms with Crippen LogP contribution in [0.4, 0.5) is 0 Å². The smallest absolute Gasteiger partial charge is 0.250 e. The average molecular weight is 350 g/mol. The maximum Gasteiger partial charge on any atom is 0.250 e. The van der Waals surface area contributed by atoms with Gasteiger partial charge in [0, 0.05) is 5.92 Å². The summed E-state index contributed by atoms with van der Waals surface area (Å²) in [6.45, 7) is 1.59. The summed E-state index contributed by atoms with van der Waals surface area (Å²) in [5.74, 6) is 0.402. The highest BCUT2D eigenvalue weighted by Gasteiger charge is 2.29. The highest BCUT2D eigenvalue weighted by Crippen LogP contribution is 2.28. The van der Waals surface area contributed by atoms with Crippen molar-refractivity contribution in [3.8, 4) is 0 Å². The molecule has 0 aliphatic rings. The molecular weight excluding hydrogens is 334 g/mol. The summed E-state index contributed by atoms with van der Waals surface area (Å²) >= 11 is 6.74. The maximum absolute atomic E-state index is 12.3. The number of nitrogens with one attached hydrogen (secondary N) is 1. The van der Waals surface area contributed by atoms with Crippen LogP contribution in [0.2, 0.25) is 4.34 Å². The Balaban J connectivity index is 2.22. The molecule has 2 N–H and O–H groups in total. The second-order valence-corrected chi connectivity index (χ2v) is 8.15. The van der Waals surface area contributed by atoms with Crippen LogP contribution in [0.5, 0.6) is 0 Å². The Labute approximate surface area is 132 Å². The van der Waals surface area contributed by atoms with Crippen LogP contribution in [0.3, 0.4) is 0 Å². The van der Waals surface area contributed by atoms with Crippen LogP contribution < -0.4 is 4.72 Å². The Morgan fingerprint density at radius 3 is 2.67 bits per heavy atom. The summed E-state index contributed by atoms with van der Waals surface area (Å²) in [7, 11) is -3.71. The first-order valence-electron chi connectivity index (χ1n) is 6.40. The standard InChI is InChI=1S/C13H16ClNO4S2/c1-2-9(11-4-3-7-19-11)10(8-16)15-21(17,18)13-6-5-12(14)20-13/h3-7,9-10,15-16H,2,8H2,1H3/t9-,10+/m1/s1. The molecule has 0 aromatic carbocycles. The van der Waals surface area contributed by atoms with Crippen molar-refractivity contribution in [2.45, 2.75) is 29.5 Å². The van der Waals surface area contributed by atoms with Crippen molar-refractivity contribution in [3.63, 3.8) is 0 Å². The minimum atomic E-state index is -3.71. The molecule has 0 spiro atoms. The zero-order valence-corrected chi connectivity index (χ0v) is 13.7. The second kappa shape index (κ2) is 6.93. The van der Waals surface area contributed by atoms with E-state index in [4.69, 9.17) is 16.0 Å². The minimum Gasteiger partial charge on any atom is -0.469 e. The molecule has 116 valence electrons. The Kier molecular flexibility index (Phi) is 5.45. The van der Waals surface area contributed by atoms with Gasteiger partial charge in [-0.05, 0) is 30.7 Å². The highest BCUT2D eigenvalue weighted by molar-refractivity contribution is 7.91. The number of aliphatic hydroxyl groups excluding tert-OH is 1. The lowest BCUT2D eigenvalue weighted by atomic mass is 9.95. The first-order valence-corrected chi connectivity index (χ1v) is 9.07.